The summed E-state index contributed by atoms with van der Waals surface area (Å²) in [6.07, 6.45) is 0.890. The van der Waals surface area contributed by atoms with Gasteiger partial charge >= 0.3 is 0 Å². The first kappa shape index (κ1) is 17.5. The molecule has 2 aromatic carbocycles. The highest BCUT2D eigenvalue weighted by molar-refractivity contribution is 5.62. The molecule has 3 aliphatic heterocycles. The van der Waals surface area contributed by atoms with Gasteiger partial charge in [0.1, 0.15) is 12.6 Å². The number of methoxy groups -OCH3 is 2. The summed E-state index contributed by atoms with van der Waals surface area (Å²) in [5.41, 5.74) is 4.63. The van der Waals surface area contributed by atoms with Crippen LogP contribution in [0.25, 0.3) is 0 Å². The lowest BCUT2D eigenvalue weighted by molar-refractivity contribution is -0.957. The number of hydrogen-bond donors (Lipinski definition) is 1. The Morgan fingerprint density at radius 3 is 2.75 bits per heavy atom. The van der Waals surface area contributed by atoms with E-state index in [0.717, 1.165) is 46.6 Å². The van der Waals surface area contributed by atoms with Gasteiger partial charge in [0.25, 0.3) is 0 Å². The third-order valence-electron chi connectivity index (χ3n) is 6.79. The number of hydrogen-bond acceptors (Lipinski definition) is 5. The van der Waals surface area contributed by atoms with Crippen LogP contribution >= 0.6 is 0 Å². The number of aromatic hydroxyl groups is 1. The van der Waals surface area contributed by atoms with Gasteiger partial charge < -0.3 is 28.5 Å². The maximum atomic E-state index is 11.1. The summed E-state index contributed by atoms with van der Waals surface area (Å²) in [6, 6.07) is 6.32. The fraction of sp³-hybridized carbons (Fsp3) is 0.455. The highest BCUT2D eigenvalue weighted by Crippen LogP contribution is 2.57. The molecule has 3 heterocycles. The third-order valence-corrected chi connectivity index (χ3v) is 6.79. The molecule has 3 atom stereocenters. The number of likely N-dealkylation sites (N-methyl/N-ethyl adjacent to an activating group) is 1. The van der Waals surface area contributed by atoms with Crippen LogP contribution in [0.1, 0.15) is 41.1 Å². The average molecular weight is 384 g/mol. The number of benzene rings is 2. The SMILES string of the molecule is COc1ccc2c(c1OC)C[N+]1(C)CCc3cc4c(c(O)c3C1C2C)OCO4. The van der Waals surface area contributed by atoms with Crippen LogP contribution in [0.3, 0.4) is 0 Å². The smallest absolute Gasteiger partial charge is 0.231 e. The minimum absolute atomic E-state index is 0.142. The van der Waals surface area contributed by atoms with Crippen LogP contribution in [0.2, 0.25) is 0 Å². The molecule has 0 radical (unpaired) electrons. The molecule has 5 rings (SSSR count). The molecule has 1 N–H and O–H groups in total. The van der Waals surface area contributed by atoms with Crippen molar-refractivity contribution in [2.45, 2.75) is 31.8 Å². The molecule has 0 amide bonds. The van der Waals surface area contributed by atoms with Gasteiger partial charge in [-0.2, -0.15) is 0 Å². The molecule has 6 nitrogen and oxygen atoms in total. The van der Waals surface area contributed by atoms with Crippen molar-refractivity contribution in [3.8, 4) is 28.7 Å². The van der Waals surface area contributed by atoms with Gasteiger partial charge in [0.2, 0.25) is 12.5 Å². The minimum Gasteiger partial charge on any atom is -0.504 e. The summed E-state index contributed by atoms with van der Waals surface area (Å²) in [5.74, 6) is 3.18. The maximum absolute atomic E-state index is 11.1. The second kappa shape index (κ2) is 5.95. The van der Waals surface area contributed by atoms with E-state index < -0.39 is 0 Å². The standard InChI is InChI=1S/C22H25NO5/c1-12-14-5-6-16(25-3)21(26-4)15(14)10-23(2)8-7-13-9-17-22(28-11-27-17)20(24)18(13)19(12)23/h5-6,9,12,19H,7-8,10-11H2,1-4H3/p+1. The van der Waals surface area contributed by atoms with Gasteiger partial charge in [-0.25, -0.2) is 0 Å². The number of nitrogens with zero attached hydrogens (tertiary/aromatic N) is 1. The van der Waals surface area contributed by atoms with Crippen molar-refractivity contribution in [1.82, 2.24) is 0 Å². The summed E-state index contributed by atoms with van der Waals surface area (Å²) < 4.78 is 23.2. The second-order valence-electron chi connectivity index (χ2n) is 8.25. The number of quaternary nitrogens is 1. The second-order valence-corrected chi connectivity index (χ2v) is 8.25. The van der Waals surface area contributed by atoms with Crippen LogP contribution in [-0.4, -0.2) is 44.2 Å². The van der Waals surface area contributed by atoms with Gasteiger partial charge in [-0.3, -0.25) is 0 Å². The summed E-state index contributed by atoms with van der Waals surface area (Å²) in [7, 11) is 5.65. The quantitative estimate of drug-likeness (QED) is 0.803. The van der Waals surface area contributed by atoms with Crippen LogP contribution in [-0.2, 0) is 13.0 Å². The molecule has 28 heavy (non-hydrogen) atoms. The first-order chi connectivity index (χ1) is 13.5. The predicted molar refractivity (Wildman–Crippen MR) is 103 cm³/mol. The monoisotopic (exact) mass is 384 g/mol. The summed E-state index contributed by atoms with van der Waals surface area (Å²) in [6.45, 7) is 4.22. The third kappa shape index (κ3) is 2.18. The van der Waals surface area contributed by atoms with Crippen molar-refractivity contribution < 1.29 is 28.5 Å². The van der Waals surface area contributed by atoms with Crippen LogP contribution in [0.15, 0.2) is 18.2 Å². The molecule has 0 fully saturated rings. The van der Waals surface area contributed by atoms with Gasteiger partial charge in [0.15, 0.2) is 23.0 Å². The van der Waals surface area contributed by atoms with Crippen molar-refractivity contribution >= 4 is 0 Å². The van der Waals surface area contributed by atoms with Crippen molar-refractivity contribution in [3.63, 3.8) is 0 Å². The molecule has 0 bridgehead atoms. The van der Waals surface area contributed by atoms with Gasteiger partial charge in [-0.1, -0.05) is 13.0 Å². The van der Waals surface area contributed by atoms with Crippen LogP contribution in [0.4, 0.5) is 0 Å². The van der Waals surface area contributed by atoms with Crippen molar-refractivity contribution in [2.24, 2.45) is 0 Å². The summed E-state index contributed by atoms with van der Waals surface area (Å²) in [5, 5.41) is 11.1. The molecule has 2 aromatic rings. The molecule has 3 aliphatic rings. The van der Waals surface area contributed by atoms with E-state index in [1.54, 1.807) is 14.2 Å². The van der Waals surface area contributed by atoms with Crippen LogP contribution < -0.4 is 18.9 Å². The van der Waals surface area contributed by atoms with E-state index in [2.05, 4.69) is 26.1 Å². The predicted octanol–water partition coefficient (Wildman–Crippen LogP) is 3.50. The number of phenols is 1. The molecule has 6 heteroatoms. The van der Waals surface area contributed by atoms with Gasteiger partial charge in [0, 0.05) is 12.3 Å². The molecule has 0 aliphatic carbocycles. The van der Waals surface area contributed by atoms with E-state index in [9.17, 15) is 5.11 Å². The molecule has 0 spiro atoms. The first-order valence-corrected chi connectivity index (χ1v) is 9.70. The molecule has 0 saturated carbocycles. The van der Waals surface area contributed by atoms with Gasteiger partial charge in [-0.05, 0) is 23.3 Å². The fourth-order valence-electron chi connectivity index (χ4n) is 5.55. The van der Waals surface area contributed by atoms with Gasteiger partial charge in [0.05, 0.1) is 38.9 Å². The zero-order valence-electron chi connectivity index (χ0n) is 16.7. The Bertz CT molecular complexity index is 972. The van der Waals surface area contributed by atoms with Gasteiger partial charge in [-0.15, -0.1) is 0 Å². The van der Waals surface area contributed by atoms with Crippen LogP contribution in [0, 0.1) is 0 Å². The Hall–Kier alpha value is -2.60. The Morgan fingerprint density at radius 2 is 2.00 bits per heavy atom. The van der Waals surface area contributed by atoms with Crippen LogP contribution in [0.5, 0.6) is 28.7 Å². The number of rotatable bonds is 2. The van der Waals surface area contributed by atoms with Crippen molar-refractivity contribution in [3.05, 3.63) is 40.5 Å². The zero-order chi connectivity index (χ0) is 19.6. The lowest BCUT2D eigenvalue weighted by Crippen LogP contribution is -2.54. The largest absolute Gasteiger partial charge is 0.504 e. The molecule has 148 valence electrons. The highest BCUT2D eigenvalue weighted by atomic mass is 16.7. The summed E-state index contributed by atoms with van der Waals surface area (Å²) >= 11 is 0. The number of ether oxygens (including phenoxy) is 4. The van der Waals surface area contributed by atoms with E-state index in [4.69, 9.17) is 18.9 Å². The van der Waals surface area contributed by atoms with E-state index >= 15 is 0 Å². The molecule has 3 unspecified atom stereocenters. The van der Waals surface area contributed by atoms with E-state index in [1.807, 2.05) is 6.07 Å². The van der Waals surface area contributed by atoms with Crippen molar-refractivity contribution in [1.29, 1.82) is 0 Å². The number of fused-ring (bicyclic) bond motifs is 5. The first-order valence-electron chi connectivity index (χ1n) is 9.70. The lowest BCUT2D eigenvalue weighted by atomic mass is 9.75. The Labute approximate surface area is 164 Å². The molecular formula is C22H26NO5+. The Morgan fingerprint density at radius 1 is 1.18 bits per heavy atom. The summed E-state index contributed by atoms with van der Waals surface area (Å²) in [4.78, 5) is 0. The van der Waals surface area contributed by atoms with E-state index in [1.165, 1.54) is 11.1 Å². The lowest BCUT2D eigenvalue weighted by Gasteiger charge is -2.51. The zero-order valence-corrected chi connectivity index (χ0v) is 16.7. The van der Waals surface area contributed by atoms with E-state index in [-0.39, 0.29) is 24.5 Å². The topological polar surface area (TPSA) is 57.2 Å². The van der Waals surface area contributed by atoms with Crippen molar-refractivity contribution in [2.75, 3.05) is 34.6 Å². The average Bonchev–Trinajstić information content (AvgIpc) is 3.16. The number of phenolic OH excluding ortho intramolecular Hbond substituents is 1. The maximum Gasteiger partial charge on any atom is 0.231 e. The Balaban J connectivity index is 1.71. The van der Waals surface area contributed by atoms with E-state index in [0.29, 0.717) is 11.5 Å². The molecule has 0 aromatic heterocycles. The highest BCUT2D eigenvalue weighted by Gasteiger charge is 2.50. The fourth-order valence-corrected chi connectivity index (χ4v) is 5.55. The normalized spacial score (nSPS) is 26.9. The Kier molecular flexibility index (Phi) is 3.72. The molecular weight excluding hydrogens is 358 g/mol. The molecule has 0 saturated heterocycles. The minimum atomic E-state index is 0.142.